The fraction of sp³-hybridized carbons (Fsp3) is 0.0656. The second-order valence-electron chi connectivity index (χ2n) is 33.8. The predicted octanol–water partition coefficient (Wildman–Crippen LogP) is 31.7. The standard InChI is InChI=1S/C41H29F3N4.C41H32N4.C40H27F3N4/c1-26-12-3-5-14-28(26)30-25-33(36-19-10-21-39(48-36)40-34(41(42,43)44)16-11-23-46-40)31(29-15-6-4-13-27(29)2)24-32(30)35-18-9-20-38(47-35)37-17-7-8-22-45-37;1-27-13-4-6-16-30(27)32-26-35(37-20-11-22-40(45-37)41-29(3)15-12-24-43-41)33(31-17-7-5-14-28(31)2)25-34(32)36-19-10-21-39(44-36)38-18-8-9-23-42-38;1-26-12-2-3-13-27(26)29-24-32(35-19-11-21-39(47-35)37-17-7-9-23-45-37)30(28-14-4-5-15-33(28)40(41,42)43)25-31(29)34-18-10-20-38(46-34)36-16-6-8-22-44-36/h3-25H,1-2H3;4-26H,1-3H3;2-25H,1H3. The predicted molar refractivity (Wildman–Crippen MR) is 549 cm³/mol. The molecule has 0 saturated heterocycles. The maximum Gasteiger partial charge on any atom is 0.418 e. The van der Waals surface area contributed by atoms with Gasteiger partial charge in [0.1, 0.15) is 5.69 Å². The van der Waals surface area contributed by atoms with E-state index in [-0.39, 0.29) is 17.0 Å². The fourth-order valence-corrected chi connectivity index (χ4v) is 17.7. The van der Waals surface area contributed by atoms with Crippen LogP contribution in [0, 0.1) is 41.5 Å². The minimum Gasteiger partial charge on any atom is -0.255 e. The van der Waals surface area contributed by atoms with Crippen LogP contribution in [0.5, 0.6) is 0 Å². The van der Waals surface area contributed by atoms with Gasteiger partial charge in [-0.2, -0.15) is 26.3 Å². The number of aromatic nitrogens is 12. The second kappa shape index (κ2) is 40.5. The van der Waals surface area contributed by atoms with E-state index in [9.17, 15) is 26.3 Å². The Balaban J connectivity index is 0.000000134. The molecule has 9 aromatic carbocycles. The smallest absolute Gasteiger partial charge is 0.255 e. The first-order valence-corrected chi connectivity index (χ1v) is 45.7. The van der Waals surface area contributed by atoms with Crippen LogP contribution < -0.4 is 0 Å². The van der Waals surface area contributed by atoms with E-state index in [1.165, 1.54) is 35.5 Å². The molecule has 0 radical (unpaired) electrons. The summed E-state index contributed by atoms with van der Waals surface area (Å²) in [6, 6.07) is 123. The van der Waals surface area contributed by atoms with Gasteiger partial charge in [0, 0.05) is 70.6 Å². The van der Waals surface area contributed by atoms with Crippen molar-refractivity contribution in [2.45, 2.75) is 53.9 Å². The summed E-state index contributed by atoms with van der Waals surface area (Å²) in [6.45, 7) is 12.5. The zero-order valence-electron chi connectivity index (χ0n) is 77.0. The number of alkyl halides is 6. The van der Waals surface area contributed by atoms with E-state index in [0.717, 1.165) is 164 Å². The fourth-order valence-electron chi connectivity index (χ4n) is 17.7. The van der Waals surface area contributed by atoms with Gasteiger partial charge in [-0.15, -0.1) is 0 Å². The summed E-state index contributed by atoms with van der Waals surface area (Å²) < 4.78 is 85.8. The van der Waals surface area contributed by atoms with Crippen LogP contribution in [0.25, 0.3) is 203 Å². The van der Waals surface area contributed by atoms with Gasteiger partial charge in [0.05, 0.1) is 108 Å². The summed E-state index contributed by atoms with van der Waals surface area (Å²) in [4.78, 5) is 57.0. The van der Waals surface area contributed by atoms with Crippen LogP contribution in [-0.4, -0.2) is 59.8 Å². The number of hydrogen-bond acceptors (Lipinski definition) is 12. The lowest BCUT2D eigenvalue weighted by Crippen LogP contribution is -2.08. The molecule has 0 spiro atoms. The van der Waals surface area contributed by atoms with Crippen molar-refractivity contribution in [3.63, 3.8) is 0 Å². The van der Waals surface area contributed by atoms with Gasteiger partial charge >= 0.3 is 12.4 Å². The zero-order valence-corrected chi connectivity index (χ0v) is 77.0. The van der Waals surface area contributed by atoms with E-state index in [4.69, 9.17) is 29.9 Å². The van der Waals surface area contributed by atoms with E-state index in [1.807, 2.05) is 244 Å². The van der Waals surface area contributed by atoms with Crippen molar-refractivity contribution in [1.29, 1.82) is 0 Å². The highest BCUT2D eigenvalue weighted by atomic mass is 19.4. The molecular weight excluding hydrogens is 1750 g/mol. The molecule has 0 bridgehead atoms. The first-order valence-electron chi connectivity index (χ1n) is 45.7. The van der Waals surface area contributed by atoms with Crippen molar-refractivity contribution in [1.82, 2.24) is 59.8 Å². The molecule has 140 heavy (non-hydrogen) atoms. The molecule has 0 atom stereocenters. The number of hydrogen-bond donors (Lipinski definition) is 0. The van der Waals surface area contributed by atoms with Crippen LogP contribution in [0.1, 0.15) is 44.5 Å². The number of rotatable bonds is 18. The lowest BCUT2D eigenvalue weighted by Gasteiger charge is -2.21. The van der Waals surface area contributed by atoms with Crippen LogP contribution in [0.2, 0.25) is 0 Å². The summed E-state index contributed by atoms with van der Waals surface area (Å²) >= 11 is 0. The third-order valence-electron chi connectivity index (χ3n) is 24.6. The molecular formula is C122H88F6N12. The van der Waals surface area contributed by atoms with Gasteiger partial charge in [-0.3, -0.25) is 29.9 Å². The SMILES string of the molecule is Cc1ccccc1-c1cc(-c2cccc(-c3ccccn3)n2)c(-c2ccccc2C(F)(F)F)cc1-c1cccc(-c2ccccn2)n1.Cc1ccccc1-c1cc(-c2cccc(-c3ncccc3C(F)(F)F)n2)c(-c2ccccc2C)cc1-c1cccc(-c2ccccn2)n1.Cc1ccccc1-c1cc(-c2cccc(-c3ncccc3C)n2)c(-c2ccccc2C)cc1-c1cccc(-c2ccccn2)n1. The first kappa shape index (κ1) is 91.5. The molecule has 12 heterocycles. The van der Waals surface area contributed by atoms with Crippen molar-refractivity contribution in [3.8, 4) is 203 Å². The number of pyridine rings is 12. The monoisotopic (exact) mass is 1830 g/mol. The van der Waals surface area contributed by atoms with Gasteiger partial charge in [-0.1, -0.05) is 206 Å². The average Bonchev–Trinajstić information content (AvgIpc) is 0.756. The van der Waals surface area contributed by atoms with Gasteiger partial charge in [-0.05, 0) is 324 Å². The molecule has 12 nitrogen and oxygen atoms in total. The van der Waals surface area contributed by atoms with Gasteiger partial charge in [-0.25, -0.2) is 29.9 Å². The summed E-state index contributed by atoms with van der Waals surface area (Å²) in [5.41, 5.74) is 32.3. The van der Waals surface area contributed by atoms with Gasteiger partial charge in [0.25, 0.3) is 0 Å². The zero-order chi connectivity index (χ0) is 96.4. The molecule has 0 N–H and O–H groups in total. The minimum atomic E-state index is -4.58. The molecule has 21 rings (SSSR count). The molecule has 0 aliphatic carbocycles. The molecule has 0 amide bonds. The van der Waals surface area contributed by atoms with Gasteiger partial charge < -0.3 is 0 Å². The Bertz CT molecular complexity index is 8120. The summed E-state index contributed by atoms with van der Waals surface area (Å²) in [5, 5.41) is 0. The summed E-state index contributed by atoms with van der Waals surface area (Å²) in [6.07, 6.45) is 0.967. The summed E-state index contributed by atoms with van der Waals surface area (Å²) in [7, 11) is 0. The van der Waals surface area contributed by atoms with E-state index in [1.54, 1.807) is 43.0 Å². The van der Waals surface area contributed by atoms with E-state index in [2.05, 4.69) is 173 Å². The van der Waals surface area contributed by atoms with Crippen LogP contribution in [-0.2, 0) is 12.4 Å². The molecule has 0 fully saturated rings. The van der Waals surface area contributed by atoms with Crippen molar-refractivity contribution < 1.29 is 26.3 Å². The Kier molecular flexibility index (Phi) is 26.5. The third-order valence-corrected chi connectivity index (χ3v) is 24.6. The maximum atomic E-state index is 14.6. The van der Waals surface area contributed by atoms with E-state index >= 15 is 0 Å². The van der Waals surface area contributed by atoms with Gasteiger partial charge in [0.2, 0.25) is 0 Å². The largest absolute Gasteiger partial charge is 0.418 e. The Morgan fingerprint density at radius 2 is 0.343 bits per heavy atom. The number of nitrogens with zero attached hydrogens (tertiary/aromatic N) is 12. The number of benzene rings is 9. The van der Waals surface area contributed by atoms with Crippen LogP contribution in [0.3, 0.4) is 0 Å². The van der Waals surface area contributed by atoms with E-state index in [0.29, 0.717) is 56.5 Å². The molecule has 0 aliphatic rings. The molecule has 0 saturated carbocycles. The van der Waals surface area contributed by atoms with Crippen LogP contribution in [0.4, 0.5) is 26.3 Å². The lowest BCUT2D eigenvalue weighted by molar-refractivity contribution is -0.138. The quantitative estimate of drug-likeness (QED) is 0.0751. The Morgan fingerprint density at radius 1 is 0.143 bits per heavy atom. The van der Waals surface area contributed by atoms with E-state index < -0.39 is 23.5 Å². The number of halogens is 6. The minimum absolute atomic E-state index is 0.0542. The van der Waals surface area contributed by atoms with Crippen LogP contribution in [0.15, 0.2) is 425 Å². The lowest BCUT2D eigenvalue weighted by atomic mass is 9.85. The van der Waals surface area contributed by atoms with Crippen molar-refractivity contribution >= 4 is 0 Å². The highest BCUT2D eigenvalue weighted by molar-refractivity contribution is 6.00. The summed E-state index contributed by atoms with van der Waals surface area (Å²) in [5.74, 6) is 0. The highest BCUT2D eigenvalue weighted by Crippen LogP contribution is 2.50. The average molecular weight is 1840 g/mol. The Hall–Kier alpha value is -17.6. The maximum absolute atomic E-state index is 14.6. The third kappa shape index (κ3) is 19.8. The normalized spacial score (nSPS) is 11.3. The molecule has 0 aliphatic heterocycles. The van der Waals surface area contributed by atoms with Crippen LogP contribution >= 0.6 is 0 Å². The molecule has 21 aromatic rings. The first-order chi connectivity index (χ1) is 68.2. The molecule has 12 aromatic heterocycles. The van der Waals surface area contributed by atoms with Gasteiger partial charge in [0.15, 0.2) is 0 Å². The second-order valence-corrected chi connectivity index (χ2v) is 33.8. The molecule has 18 heteroatoms. The molecule has 678 valence electrons. The molecule has 0 unspecified atom stereocenters. The topological polar surface area (TPSA) is 155 Å². The highest BCUT2D eigenvalue weighted by Gasteiger charge is 2.37. The Labute approximate surface area is 807 Å². The van der Waals surface area contributed by atoms with Crippen molar-refractivity contribution in [2.75, 3.05) is 0 Å². The number of aryl methyl sites for hydroxylation is 6. The van der Waals surface area contributed by atoms with Crippen molar-refractivity contribution in [3.05, 3.63) is 470 Å². The van der Waals surface area contributed by atoms with Crippen molar-refractivity contribution in [2.24, 2.45) is 0 Å². The Morgan fingerprint density at radius 3 is 0.614 bits per heavy atom.